The third-order valence-corrected chi connectivity index (χ3v) is 1.40. The maximum absolute atomic E-state index is 5.15. The molecule has 0 heterocycles. The van der Waals surface area contributed by atoms with Gasteiger partial charge in [0.15, 0.2) is 0 Å². The maximum Gasteiger partial charge on any atom is 0.0629 e. The molecule has 0 saturated carbocycles. The Balaban J connectivity index is 2.50. The van der Waals surface area contributed by atoms with E-state index >= 15 is 0 Å². The van der Waals surface area contributed by atoms with Gasteiger partial charge in [-0.2, -0.15) is 0 Å². The summed E-state index contributed by atoms with van der Waals surface area (Å²) in [6.45, 7) is 0. The minimum Gasteiger partial charge on any atom is -0.405 e. The van der Waals surface area contributed by atoms with Crippen molar-refractivity contribution in [1.82, 2.24) is 0 Å². The molecule has 0 saturated heterocycles. The maximum atomic E-state index is 5.15. The van der Waals surface area contributed by atoms with Crippen LogP contribution in [0.15, 0.2) is 59.8 Å². The fourth-order valence-corrected chi connectivity index (χ4v) is 0.821. The first kappa shape index (κ1) is 9.26. The smallest absolute Gasteiger partial charge is 0.0629 e. The topological polar surface area (TPSA) is 38.4 Å². The largest absolute Gasteiger partial charge is 0.405 e. The highest BCUT2D eigenvalue weighted by Gasteiger charge is 1.79. The molecule has 0 aliphatic rings. The van der Waals surface area contributed by atoms with Crippen LogP contribution in [-0.2, 0) is 0 Å². The minimum absolute atomic E-state index is 0.948. The van der Waals surface area contributed by atoms with Crippen LogP contribution in [0.3, 0.4) is 0 Å². The average Bonchev–Trinajstić information content (AvgIpc) is 2.19. The second kappa shape index (κ2) is 5.77. The van der Waals surface area contributed by atoms with Crippen LogP contribution < -0.4 is 5.73 Å². The van der Waals surface area contributed by atoms with Gasteiger partial charge in [-0.25, -0.2) is 0 Å². The zero-order chi connectivity index (χ0) is 9.36. The molecular weight excluding hydrogens is 160 g/mol. The van der Waals surface area contributed by atoms with Gasteiger partial charge in [0.1, 0.15) is 0 Å². The van der Waals surface area contributed by atoms with E-state index in [9.17, 15) is 0 Å². The van der Waals surface area contributed by atoms with E-state index in [1.165, 1.54) is 6.20 Å². The Morgan fingerprint density at radius 2 is 1.77 bits per heavy atom. The Morgan fingerprint density at radius 3 is 2.46 bits per heavy atom. The molecule has 0 radical (unpaired) electrons. The summed E-state index contributed by atoms with van der Waals surface area (Å²) < 4.78 is 0. The second-order valence-electron chi connectivity index (χ2n) is 2.38. The number of nitrogens with zero attached hydrogens (tertiary/aromatic N) is 1. The Bertz CT molecular complexity index is 310. The number of aliphatic imine (C=N–C) groups is 1. The van der Waals surface area contributed by atoms with E-state index in [1.807, 2.05) is 42.5 Å². The van der Waals surface area contributed by atoms with E-state index in [2.05, 4.69) is 4.99 Å². The Kier molecular flexibility index (Phi) is 4.11. The number of hydrogen-bond acceptors (Lipinski definition) is 2. The molecule has 0 amide bonds. The summed E-state index contributed by atoms with van der Waals surface area (Å²) in [6, 6.07) is 9.77. The summed E-state index contributed by atoms with van der Waals surface area (Å²) in [7, 11) is 0. The Labute approximate surface area is 78.1 Å². The van der Waals surface area contributed by atoms with E-state index in [1.54, 1.807) is 12.3 Å². The first-order valence-electron chi connectivity index (χ1n) is 4.06. The van der Waals surface area contributed by atoms with Gasteiger partial charge in [-0.1, -0.05) is 24.3 Å². The standard InChI is InChI=1S/C11H12N2/c12-9-5-2-6-10-13-11-7-3-1-4-8-11/h1-10H,12H2/b6-2+,9-5+,13-10+. The monoisotopic (exact) mass is 172 g/mol. The summed E-state index contributed by atoms with van der Waals surface area (Å²) in [5.41, 5.74) is 6.09. The van der Waals surface area contributed by atoms with Gasteiger partial charge in [0.25, 0.3) is 0 Å². The van der Waals surface area contributed by atoms with Gasteiger partial charge < -0.3 is 5.73 Å². The van der Waals surface area contributed by atoms with Crippen molar-refractivity contribution in [3.8, 4) is 0 Å². The van der Waals surface area contributed by atoms with E-state index in [-0.39, 0.29) is 0 Å². The zero-order valence-corrected chi connectivity index (χ0v) is 7.30. The highest BCUT2D eigenvalue weighted by Crippen LogP contribution is 2.07. The third kappa shape index (κ3) is 3.91. The van der Waals surface area contributed by atoms with Crippen molar-refractivity contribution in [1.29, 1.82) is 0 Å². The van der Waals surface area contributed by atoms with Crippen LogP contribution in [0.4, 0.5) is 5.69 Å². The molecule has 66 valence electrons. The first-order valence-corrected chi connectivity index (χ1v) is 4.06. The molecule has 1 aromatic rings. The molecule has 0 aliphatic carbocycles. The Morgan fingerprint density at radius 1 is 1.00 bits per heavy atom. The quantitative estimate of drug-likeness (QED) is 0.552. The van der Waals surface area contributed by atoms with Crippen molar-refractivity contribution < 1.29 is 0 Å². The molecule has 0 aromatic heterocycles. The summed E-state index contributed by atoms with van der Waals surface area (Å²) in [6.07, 6.45) is 8.61. The molecule has 0 bridgehead atoms. The summed E-state index contributed by atoms with van der Waals surface area (Å²) in [4.78, 5) is 4.19. The molecule has 2 heteroatoms. The lowest BCUT2D eigenvalue weighted by molar-refractivity contribution is 1.54. The van der Waals surface area contributed by atoms with Crippen LogP contribution in [-0.4, -0.2) is 6.21 Å². The second-order valence-corrected chi connectivity index (χ2v) is 2.38. The molecule has 13 heavy (non-hydrogen) atoms. The van der Waals surface area contributed by atoms with Crippen molar-refractivity contribution in [3.63, 3.8) is 0 Å². The van der Waals surface area contributed by atoms with Crippen molar-refractivity contribution in [2.75, 3.05) is 0 Å². The molecule has 0 unspecified atom stereocenters. The summed E-state index contributed by atoms with van der Waals surface area (Å²) in [5, 5.41) is 0. The van der Waals surface area contributed by atoms with Crippen LogP contribution in [0.5, 0.6) is 0 Å². The van der Waals surface area contributed by atoms with Gasteiger partial charge in [-0.05, 0) is 30.5 Å². The van der Waals surface area contributed by atoms with E-state index < -0.39 is 0 Å². The number of benzene rings is 1. The lowest BCUT2D eigenvalue weighted by Crippen LogP contribution is -1.72. The van der Waals surface area contributed by atoms with Crippen molar-refractivity contribution >= 4 is 11.9 Å². The van der Waals surface area contributed by atoms with Gasteiger partial charge in [0.2, 0.25) is 0 Å². The third-order valence-electron chi connectivity index (χ3n) is 1.40. The lowest BCUT2D eigenvalue weighted by atomic mass is 10.3. The Hall–Kier alpha value is -1.83. The van der Waals surface area contributed by atoms with Crippen LogP contribution in [0.1, 0.15) is 0 Å². The fraction of sp³-hybridized carbons (Fsp3) is 0. The highest BCUT2D eigenvalue weighted by molar-refractivity contribution is 5.74. The van der Waals surface area contributed by atoms with Gasteiger partial charge in [0.05, 0.1) is 5.69 Å². The van der Waals surface area contributed by atoms with Gasteiger partial charge in [0, 0.05) is 6.21 Å². The highest BCUT2D eigenvalue weighted by atomic mass is 14.7. The SMILES string of the molecule is N/C=C/C=C/C=N/c1ccccc1. The first-order chi connectivity index (χ1) is 6.43. The van der Waals surface area contributed by atoms with Gasteiger partial charge in [-0.15, -0.1) is 0 Å². The molecule has 0 spiro atoms. The molecular formula is C11H12N2. The van der Waals surface area contributed by atoms with Crippen molar-refractivity contribution in [3.05, 3.63) is 54.8 Å². The van der Waals surface area contributed by atoms with Crippen molar-refractivity contribution in [2.24, 2.45) is 10.7 Å². The molecule has 0 atom stereocenters. The number of nitrogens with two attached hydrogens (primary N) is 1. The van der Waals surface area contributed by atoms with Crippen LogP contribution in [0.25, 0.3) is 0 Å². The number of rotatable bonds is 3. The summed E-state index contributed by atoms with van der Waals surface area (Å²) >= 11 is 0. The van der Waals surface area contributed by atoms with Gasteiger partial charge >= 0.3 is 0 Å². The molecule has 2 N–H and O–H groups in total. The number of hydrogen-bond donors (Lipinski definition) is 1. The minimum atomic E-state index is 0.948. The predicted octanol–water partition coefficient (Wildman–Crippen LogP) is 2.42. The van der Waals surface area contributed by atoms with Crippen LogP contribution in [0.2, 0.25) is 0 Å². The normalized spacial score (nSPS) is 12.0. The molecule has 1 aromatic carbocycles. The van der Waals surface area contributed by atoms with E-state index in [4.69, 9.17) is 5.73 Å². The van der Waals surface area contributed by atoms with Crippen LogP contribution in [0, 0.1) is 0 Å². The zero-order valence-electron chi connectivity index (χ0n) is 7.30. The van der Waals surface area contributed by atoms with E-state index in [0.717, 1.165) is 5.69 Å². The van der Waals surface area contributed by atoms with Gasteiger partial charge in [-0.3, -0.25) is 4.99 Å². The number of allylic oxidation sites excluding steroid dienone is 3. The van der Waals surface area contributed by atoms with Crippen LogP contribution >= 0.6 is 0 Å². The molecule has 1 rings (SSSR count). The predicted molar refractivity (Wildman–Crippen MR) is 57.1 cm³/mol. The van der Waals surface area contributed by atoms with E-state index in [0.29, 0.717) is 0 Å². The van der Waals surface area contributed by atoms with Crippen molar-refractivity contribution in [2.45, 2.75) is 0 Å². The summed E-state index contributed by atoms with van der Waals surface area (Å²) in [5.74, 6) is 0. The average molecular weight is 172 g/mol. The molecule has 2 nitrogen and oxygen atoms in total. The molecule has 0 aliphatic heterocycles. The fourth-order valence-electron chi connectivity index (χ4n) is 0.821. The molecule has 0 fully saturated rings. The lowest BCUT2D eigenvalue weighted by Gasteiger charge is -1.87. The number of para-hydroxylation sites is 1.